The van der Waals surface area contributed by atoms with Crippen molar-refractivity contribution in [3.05, 3.63) is 93.0 Å². The maximum atomic E-state index is 13.3. The second-order valence-electron chi connectivity index (χ2n) is 9.12. The van der Waals surface area contributed by atoms with Crippen molar-refractivity contribution in [2.45, 2.75) is 46.1 Å². The topological polar surface area (TPSA) is 83.2 Å². The third-order valence-corrected chi connectivity index (χ3v) is 6.70. The predicted molar refractivity (Wildman–Crippen MR) is 133 cm³/mol. The van der Waals surface area contributed by atoms with Crippen LogP contribution in [0.1, 0.15) is 57.2 Å². The van der Waals surface area contributed by atoms with Crippen molar-refractivity contribution < 1.29 is 18.7 Å². The average Bonchev–Trinajstić information content (AvgIpc) is 3.02. The molecule has 2 aromatic carbocycles. The maximum absolute atomic E-state index is 13.3. The van der Waals surface area contributed by atoms with E-state index >= 15 is 0 Å². The van der Waals surface area contributed by atoms with Gasteiger partial charge in [0.25, 0.3) is 5.56 Å². The van der Waals surface area contributed by atoms with Crippen LogP contribution in [0.15, 0.2) is 53.3 Å². The maximum Gasteiger partial charge on any atom is 0.338 e. The molecule has 2 aromatic heterocycles. The molecule has 1 aliphatic rings. The van der Waals surface area contributed by atoms with E-state index in [0.717, 1.165) is 42.9 Å². The highest BCUT2D eigenvalue weighted by Crippen LogP contribution is 2.22. The van der Waals surface area contributed by atoms with Crippen molar-refractivity contribution in [2.75, 3.05) is 6.61 Å². The number of benzene rings is 2. The Kier molecular flexibility index (Phi) is 6.26. The summed E-state index contributed by atoms with van der Waals surface area (Å²) in [7, 11) is 0. The van der Waals surface area contributed by atoms with Crippen molar-refractivity contribution in [3.8, 4) is 5.69 Å². The zero-order chi connectivity index (χ0) is 25.4. The summed E-state index contributed by atoms with van der Waals surface area (Å²) in [6.45, 7) is 3.88. The third kappa shape index (κ3) is 4.34. The Labute approximate surface area is 207 Å². The SMILES string of the molecule is Cc1cc(C(=O)COC(=O)c2ccc3c(=O)n4c(nc3c2)CCCCC4)c(C)n1-c1ccc(F)cc1. The first-order valence-corrected chi connectivity index (χ1v) is 12.0. The van der Waals surface area contributed by atoms with E-state index in [2.05, 4.69) is 4.98 Å². The number of ketones is 1. The molecule has 0 spiro atoms. The largest absolute Gasteiger partial charge is 0.454 e. The van der Waals surface area contributed by atoms with Crippen LogP contribution >= 0.6 is 0 Å². The summed E-state index contributed by atoms with van der Waals surface area (Å²) >= 11 is 0. The van der Waals surface area contributed by atoms with Gasteiger partial charge in [0.2, 0.25) is 5.78 Å². The number of aryl methyl sites for hydroxylation is 2. The van der Waals surface area contributed by atoms with Gasteiger partial charge >= 0.3 is 5.97 Å². The number of hydrogen-bond donors (Lipinski definition) is 0. The van der Waals surface area contributed by atoms with Crippen molar-refractivity contribution in [2.24, 2.45) is 0 Å². The fraction of sp³-hybridized carbons (Fsp3) is 0.286. The Morgan fingerprint density at radius 2 is 1.81 bits per heavy atom. The number of halogens is 1. The fourth-order valence-corrected chi connectivity index (χ4v) is 4.87. The minimum Gasteiger partial charge on any atom is -0.454 e. The van der Waals surface area contributed by atoms with E-state index in [9.17, 15) is 18.8 Å². The molecule has 8 heteroatoms. The molecule has 7 nitrogen and oxygen atoms in total. The summed E-state index contributed by atoms with van der Waals surface area (Å²) in [5.41, 5.74) is 3.24. The molecule has 0 radical (unpaired) electrons. The fourth-order valence-electron chi connectivity index (χ4n) is 4.87. The molecule has 0 fully saturated rings. The van der Waals surface area contributed by atoms with Crippen LogP contribution in [0.2, 0.25) is 0 Å². The first kappa shape index (κ1) is 23.7. The first-order chi connectivity index (χ1) is 17.3. The van der Waals surface area contributed by atoms with E-state index in [1.54, 1.807) is 41.8 Å². The number of nitrogens with zero attached hydrogens (tertiary/aromatic N) is 3. The van der Waals surface area contributed by atoms with Crippen LogP contribution in [-0.4, -0.2) is 32.5 Å². The Morgan fingerprint density at radius 3 is 2.58 bits per heavy atom. The third-order valence-electron chi connectivity index (χ3n) is 6.70. The molecular formula is C28H26FN3O4. The Bertz CT molecular complexity index is 1550. The highest BCUT2D eigenvalue weighted by Gasteiger charge is 2.20. The minimum absolute atomic E-state index is 0.0940. The molecule has 184 valence electrons. The number of fused-ring (bicyclic) bond motifs is 2. The van der Waals surface area contributed by atoms with Crippen LogP contribution < -0.4 is 5.56 Å². The van der Waals surface area contributed by atoms with Crippen molar-refractivity contribution in [3.63, 3.8) is 0 Å². The van der Waals surface area contributed by atoms with Crippen LogP contribution in [0.25, 0.3) is 16.6 Å². The highest BCUT2D eigenvalue weighted by molar-refractivity contribution is 6.01. The molecule has 0 aliphatic carbocycles. The summed E-state index contributed by atoms with van der Waals surface area (Å²) in [5.74, 6) is -0.599. The van der Waals surface area contributed by atoms with Crippen LogP contribution in [0.4, 0.5) is 4.39 Å². The lowest BCUT2D eigenvalue weighted by atomic mass is 10.1. The van der Waals surface area contributed by atoms with E-state index < -0.39 is 12.6 Å². The summed E-state index contributed by atoms with van der Waals surface area (Å²) in [6.07, 6.45) is 3.70. The summed E-state index contributed by atoms with van der Waals surface area (Å²) < 4.78 is 22.2. The Balaban J connectivity index is 1.34. The molecule has 4 aromatic rings. The van der Waals surface area contributed by atoms with Gasteiger partial charge in [-0.2, -0.15) is 0 Å². The van der Waals surface area contributed by atoms with Gasteiger partial charge in [-0.1, -0.05) is 6.42 Å². The lowest BCUT2D eigenvalue weighted by Gasteiger charge is -2.11. The van der Waals surface area contributed by atoms with Crippen LogP contribution in [0.5, 0.6) is 0 Å². The van der Waals surface area contributed by atoms with E-state index in [1.807, 2.05) is 11.5 Å². The normalized spacial score (nSPS) is 13.3. The van der Waals surface area contributed by atoms with E-state index in [0.29, 0.717) is 28.7 Å². The summed E-state index contributed by atoms with van der Waals surface area (Å²) in [4.78, 5) is 43.2. The van der Waals surface area contributed by atoms with Gasteiger partial charge in [0.05, 0.1) is 16.5 Å². The van der Waals surface area contributed by atoms with Gasteiger partial charge in [-0.05, 0) is 75.2 Å². The van der Waals surface area contributed by atoms with Crippen LogP contribution in [0, 0.1) is 19.7 Å². The molecule has 1 aliphatic heterocycles. The molecule has 3 heterocycles. The number of rotatable bonds is 5. The summed E-state index contributed by atoms with van der Waals surface area (Å²) in [6, 6.07) is 12.4. The monoisotopic (exact) mass is 487 g/mol. The van der Waals surface area contributed by atoms with Gasteiger partial charge in [-0.15, -0.1) is 0 Å². The van der Waals surface area contributed by atoms with Crippen molar-refractivity contribution in [1.82, 2.24) is 14.1 Å². The quantitative estimate of drug-likeness (QED) is 0.301. The highest BCUT2D eigenvalue weighted by atomic mass is 19.1. The van der Waals surface area contributed by atoms with Crippen LogP contribution in [0.3, 0.4) is 0 Å². The van der Waals surface area contributed by atoms with Crippen molar-refractivity contribution in [1.29, 1.82) is 0 Å². The smallest absolute Gasteiger partial charge is 0.338 e. The standard InChI is InChI=1S/C28H26FN3O4/c1-17-14-23(18(2)32(17)21-10-8-20(29)9-11-21)25(33)16-36-28(35)19-7-12-22-24(15-19)30-26-6-4-3-5-13-31(26)27(22)34/h7-12,14-15H,3-6,13,16H2,1-2H3. The number of ether oxygens (including phenoxy) is 1. The molecule has 0 amide bonds. The van der Waals surface area contributed by atoms with E-state index in [1.165, 1.54) is 18.2 Å². The zero-order valence-corrected chi connectivity index (χ0v) is 20.2. The summed E-state index contributed by atoms with van der Waals surface area (Å²) in [5, 5.41) is 0.460. The molecule has 36 heavy (non-hydrogen) atoms. The lowest BCUT2D eigenvalue weighted by molar-refractivity contribution is 0.0474. The number of aromatic nitrogens is 3. The molecule has 0 unspecified atom stereocenters. The predicted octanol–water partition coefficient (Wildman–Crippen LogP) is 4.71. The number of esters is 1. The molecule has 0 N–H and O–H groups in total. The average molecular weight is 488 g/mol. The van der Waals surface area contributed by atoms with Gasteiger partial charge in [-0.25, -0.2) is 14.2 Å². The second-order valence-corrected chi connectivity index (χ2v) is 9.12. The van der Waals surface area contributed by atoms with Gasteiger partial charge < -0.3 is 9.30 Å². The molecular weight excluding hydrogens is 461 g/mol. The molecule has 0 bridgehead atoms. The molecule has 0 saturated heterocycles. The second kappa shape index (κ2) is 9.53. The van der Waals surface area contributed by atoms with Crippen molar-refractivity contribution >= 4 is 22.7 Å². The minimum atomic E-state index is -0.658. The number of hydrogen-bond acceptors (Lipinski definition) is 5. The number of carbonyl (C=O) groups excluding carboxylic acids is 2. The van der Waals surface area contributed by atoms with E-state index in [-0.39, 0.29) is 22.7 Å². The molecule has 0 saturated carbocycles. The molecule has 5 rings (SSSR count). The van der Waals surface area contributed by atoms with Gasteiger partial charge in [-0.3, -0.25) is 14.2 Å². The molecule has 0 atom stereocenters. The Hall–Kier alpha value is -4.07. The van der Waals surface area contributed by atoms with Gasteiger partial charge in [0.1, 0.15) is 11.6 Å². The van der Waals surface area contributed by atoms with Crippen LogP contribution in [-0.2, 0) is 17.7 Å². The van der Waals surface area contributed by atoms with Gasteiger partial charge in [0, 0.05) is 35.6 Å². The first-order valence-electron chi connectivity index (χ1n) is 12.0. The number of Topliss-reactive ketones (excluding diaryl/α,β-unsaturated/α-hetero) is 1. The van der Waals surface area contributed by atoms with Gasteiger partial charge in [0.15, 0.2) is 6.61 Å². The number of carbonyl (C=O) groups is 2. The van der Waals surface area contributed by atoms with E-state index in [4.69, 9.17) is 4.74 Å². The Morgan fingerprint density at radius 1 is 1.03 bits per heavy atom. The lowest BCUT2D eigenvalue weighted by Crippen LogP contribution is -2.24. The zero-order valence-electron chi connectivity index (χ0n) is 20.2.